The number of halogens is 2. The predicted octanol–water partition coefficient (Wildman–Crippen LogP) is 8.39. The van der Waals surface area contributed by atoms with Crippen LogP contribution in [0.15, 0.2) is 35.4 Å². The summed E-state index contributed by atoms with van der Waals surface area (Å²) in [6.07, 6.45) is 0. The van der Waals surface area contributed by atoms with Crippen LogP contribution in [0, 0.1) is 33.6 Å². The fourth-order valence-corrected chi connectivity index (χ4v) is 6.39. The van der Waals surface area contributed by atoms with Gasteiger partial charge >= 0.3 is 0 Å². The molecule has 28 heavy (non-hydrogen) atoms. The third kappa shape index (κ3) is 2.57. The van der Waals surface area contributed by atoms with Crippen LogP contribution in [-0.4, -0.2) is 0 Å². The van der Waals surface area contributed by atoms with E-state index in [0.717, 1.165) is 10.1 Å². The molecule has 2 heteroatoms. The average Bonchev–Trinajstić information content (AvgIpc) is 3.08. The monoisotopic (exact) mass is 410 g/mol. The third-order valence-electron chi connectivity index (χ3n) is 7.08. The van der Waals surface area contributed by atoms with Gasteiger partial charge in [0.1, 0.15) is 0 Å². The highest BCUT2D eigenvalue weighted by molar-refractivity contribution is 6.50. The van der Waals surface area contributed by atoms with Gasteiger partial charge in [0.2, 0.25) is 0 Å². The molecule has 2 aromatic carbocycles. The molecule has 0 amide bonds. The Bertz CT molecular complexity index is 983. The van der Waals surface area contributed by atoms with Gasteiger partial charge < -0.3 is 0 Å². The summed E-state index contributed by atoms with van der Waals surface area (Å²) in [6.45, 7) is 15.6. The SMILES string of the molecule is CC1=C(Cl)c2c(C)ccc(C)c2C1C(C)C1C(C)=C(Cl)c2c(C)ccc(C)c21. The topological polar surface area (TPSA) is 0 Å². The Balaban J connectivity index is 1.91. The first kappa shape index (κ1) is 19.8. The highest BCUT2D eigenvalue weighted by atomic mass is 35.5. The van der Waals surface area contributed by atoms with Gasteiger partial charge in [0, 0.05) is 33.0 Å². The van der Waals surface area contributed by atoms with E-state index in [2.05, 4.69) is 72.7 Å². The zero-order chi connectivity index (χ0) is 20.5. The fraction of sp³-hybridized carbons (Fsp3) is 0.385. The minimum atomic E-state index is 0.317. The summed E-state index contributed by atoms with van der Waals surface area (Å²) in [5.74, 6) is 1.02. The van der Waals surface area contributed by atoms with Gasteiger partial charge in [-0.1, -0.05) is 54.4 Å². The lowest BCUT2D eigenvalue weighted by Gasteiger charge is -2.31. The Labute approximate surface area is 179 Å². The Hall–Kier alpha value is -1.50. The van der Waals surface area contributed by atoms with Crippen molar-refractivity contribution in [3.63, 3.8) is 0 Å². The lowest BCUT2D eigenvalue weighted by molar-refractivity contribution is 0.452. The Kier molecular flexibility index (Phi) is 4.80. The van der Waals surface area contributed by atoms with E-state index in [0.29, 0.717) is 17.8 Å². The summed E-state index contributed by atoms with van der Waals surface area (Å²) in [5.41, 5.74) is 13.1. The first-order valence-corrected chi connectivity index (χ1v) is 10.9. The molecule has 0 nitrogen and oxygen atoms in total. The molecule has 2 aliphatic carbocycles. The average molecular weight is 411 g/mol. The van der Waals surface area contributed by atoms with Crippen molar-refractivity contribution in [2.75, 3.05) is 0 Å². The van der Waals surface area contributed by atoms with Gasteiger partial charge in [0.15, 0.2) is 0 Å². The van der Waals surface area contributed by atoms with Crippen LogP contribution >= 0.6 is 23.2 Å². The molecule has 0 saturated carbocycles. The second-order valence-electron chi connectivity index (χ2n) is 8.78. The van der Waals surface area contributed by atoms with Crippen molar-refractivity contribution < 1.29 is 0 Å². The number of aryl methyl sites for hydroxylation is 4. The molecule has 0 saturated heterocycles. The minimum absolute atomic E-state index is 0.317. The number of allylic oxidation sites excluding steroid dienone is 2. The highest BCUT2D eigenvalue weighted by Crippen LogP contribution is 2.57. The maximum absolute atomic E-state index is 6.88. The maximum atomic E-state index is 6.88. The number of fused-ring (bicyclic) bond motifs is 2. The van der Waals surface area contributed by atoms with Crippen LogP contribution < -0.4 is 0 Å². The summed E-state index contributed by atoms with van der Waals surface area (Å²) >= 11 is 13.8. The molecule has 0 radical (unpaired) electrons. The van der Waals surface area contributed by atoms with Crippen molar-refractivity contribution in [3.05, 3.63) is 79.9 Å². The molecular formula is C26H28Cl2. The first-order valence-electron chi connectivity index (χ1n) is 10.1. The smallest absolute Gasteiger partial charge is 0.0479 e. The van der Waals surface area contributed by atoms with Crippen molar-refractivity contribution >= 4 is 33.3 Å². The van der Waals surface area contributed by atoms with Crippen LogP contribution in [0.1, 0.15) is 77.1 Å². The normalized spacial score (nSPS) is 22.0. The molecule has 2 unspecified atom stereocenters. The van der Waals surface area contributed by atoms with Gasteiger partial charge in [-0.3, -0.25) is 0 Å². The number of rotatable bonds is 2. The molecule has 2 atom stereocenters. The molecule has 0 heterocycles. The summed E-state index contributed by atoms with van der Waals surface area (Å²) in [7, 11) is 0. The highest BCUT2D eigenvalue weighted by Gasteiger charge is 2.42. The molecule has 0 bridgehead atoms. The van der Waals surface area contributed by atoms with Crippen molar-refractivity contribution in [1.82, 2.24) is 0 Å². The third-order valence-corrected chi connectivity index (χ3v) is 8.06. The van der Waals surface area contributed by atoms with E-state index >= 15 is 0 Å². The minimum Gasteiger partial charge on any atom is -0.0837 e. The number of benzene rings is 2. The van der Waals surface area contributed by atoms with Gasteiger partial charge in [0.05, 0.1) is 0 Å². The van der Waals surface area contributed by atoms with Crippen LogP contribution in [0.4, 0.5) is 0 Å². The Morgan fingerprint density at radius 1 is 0.607 bits per heavy atom. The quantitative estimate of drug-likeness (QED) is 0.465. The molecule has 146 valence electrons. The fourth-order valence-electron chi connectivity index (χ4n) is 5.66. The first-order chi connectivity index (χ1) is 13.2. The van der Waals surface area contributed by atoms with Gasteiger partial charge in [-0.15, -0.1) is 0 Å². The molecule has 2 aromatic rings. The Morgan fingerprint density at radius 3 is 1.29 bits per heavy atom. The molecule has 0 aliphatic heterocycles. The standard InChI is InChI=1S/C26H28Cl2/c1-12-8-10-14(3)21-19(12)23(17(6)25(21)27)16(5)24-18(7)26(28)22-15(4)11-9-13(2)20(22)24/h8-11,16,23-24H,1-7H3. The number of hydrogen-bond donors (Lipinski definition) is 0. The van der Waals surface area contributed by atoms with Gasteiger partial charge in [0.25, 0.3) is 0 Å². The summed E-state index contributed by atoms with van der Waals surface area (Å²) < 4.78 is 0. The predicted molar refractivity (Wildman–Crippen MR) is 123 cm³/mol. The zero-order valence-corrected chi connectivity index (χ0v) is 19.3. The van der Waals surface area contributed by atoms with E-state index in [4.69, 9.17) is 23.2 Å². The van der Waals surface area contributed by atoms with Crippen LogP contribution in [-0.2, 0) is 0 Å². The summed E-state index contributed by atoms with van der Waals surface area (Å²) in [6, 6.07) is 8.86. The van der Waals surface area contributed by atoms with Gasteiger partial charge in [-0.2, -0.15) is 0 Å². The van der Waals surface area contributed by atoms with E-state index in [1.165, 1.54) is 55.7 Å². The van der Waals surface area contributed by atoms with Crippen LogP contribution in [0.5, 0.6) is 0 Å². The van der Waals surface area contributed by atoms with E-state index in [1.807, 2.05) is 0 Å². The summed E-state index contributed by atoms with van der Waals surface area (Å²) in [5, 5.41) is 1.89. The lowest BCUT2D eigenvalue weighted by atomic mass is 9.72. The van der Waals surface area contributed by atoms with Gasteiger partial charge in [-0.05, 0) is 92.0 Å². The van der Waals surface area contributed by atoms with Gasteiger partial charge in [-0.25, -0.2) is 0 Å². The second-order valence-corrected chi connectivity index (χ2v) is 9.54. The van der Waals surface area contributed by atoms with E-state index in [-0.39, 0.29) is 0 Å². The van der Waals surface area contributed by atoms with Crippen molar-refractivity contribution in [3.8, 4) is 0 Å². The largest absolute Gasteiger partial charge is 0.0837 e. The van der Waals surface area contributed by atoms with Crippen molar-refractivity contribution in [2.45, 2.75) is 60.3 Å². The molecule has 0 N–H and O–H groups in total. The molecular weight excluding hydrogens is 383 g/mol. The Morgan fingerprint density at radius 2 is 0.929 bits per heavy atom. The lowest BCUT2D eigenvalue weighted by Crippen LogP contribution is -2.19. The van der Waals surface area contributed by atoms with Crippen molar-refractivity contribution in [1.29, 1.82) is 0 Å². The van der Waals surface area contributed by atoms with Crippen LogP contribution in [0.3, 0.4) is 0 Å². The van der Waals surface area contributed by atoms with E-state index in [9.17, 15) is 0 Å². The molecule has 2 aliphatic rings. The maximum Gasteiger partial charge on any atom is 0.0479 e. The molecule has 0 spiro atoms. The van der Waals surface area contributed by atoms with Crippen molar-refractivity contribution in [2.24, 2.45) is 5.92 Å². The second kappa shape index (κ2) is 6.78. The van der Waals surface area contributed by atoms with E-state index < -0.39 is 0 Å². The molecule has 0 fully saturated rings. The van der Waals surface area contributed by atoms with Crippen LogP contribution in [0.2, 0.25) is 0 Å². The van der Waals surface area contributed by atoms with Crippen LogP contribution in [0.25, 0.3) is 10.1 Å². The zero-order valence-electron chi connectivity index (χ0n) is 17.8. The summed E-state index contributed by atoms with van der Waals surface area (Å²) in [4.78, 5) is 0. The van der Waals surface area contributed by atoms with E-state index in [1.54, 1.807) is 0 Å². The number of hydrogen-bond acceptors (Lipinski definition) is 0. The molecule has 0 aromatic heterocycles. The molecule has 4 rings (SSSR count).